The molecule has 1 fully saturated rings. The van der Waals surface area contributed by atoms with Crippen LogP contribution in [0.1, 0.15) is 49.7 Å². The molecule has 0 bridgehead atoms. The maximum Gasteiger partial charge on any atom is 0.274 e. The molecule has 0 N–H and O–H groups in total. The van der Waals surface area contributed by atoms with Gasteiger partial charge in [0.25, 0.3) is 5.91 Å². The molecule has 3 rings (SSSR count). The van der Waals surface area contributed by atoms with E-state index in [0.717, 1.165) is 38.3 Å². The van der Waals surface area contributed by atoms with Gasteiger partial charge in [-0.05, 0) is 38.2 Å². The molecule has 0 spiro atoms. The molecule has 0 atom stereocenters. The van der Waals surface area contributed by atoms with Gasteiger partial charge >= 0.3 is 0 Å². The zero-order valence-electron chi connectivity index (χ0n) is 15.9. The fourth-order valence-corrected chi connectivity index (χ4v) is 3.26. The summed E-state index contributed by atoms with van der Waals surface area (Å²) in [5.41, 5.74) is 1.66. The highest BCUT2D eigenvalue weighted by Gasteiger charge is 2.23. The topological polar surface area (TPSA) is 49.3 Å². The number of piperidine rings is 1. The number of hydrogen-bond donors (Lipinski definition) is 0. The predicted octanol–water partition coefficient (Wildman–Crippen LogP) is 3.76. The van der Waals surface area contributed by atoms with Crippen molar-refractivity contribution < 1.29 is 4.79 Å². The third kappa shape index (κ3) is 4.40. The maximum absolute atomic E-state index is 12.6. The molecule has 0 radical (unpaired) electrons. The standard InChI is InChI=1S/C21H28N4O/c1-16(2)25(15-18-7-5-4-6-8-18)20-14-22-19(13-23-20)21(26)24-11-9-17(3)10-12-24/h4-8,13-14,16-17H,9-12,15H2,1-3H3. The van der Waals surface area contributed by atoms with Crippen LogP contribution in [0.4, 0.5) is 5.82 Å². The minimum Gasteiger partial charge on any atom is -0.349 e. The van der Waals surface area contributed by atoms with Crippen LogP contribution in [0, 0.1) is 5.92 Å². The number of anilines is 1. The summed E-state index contributed by atoms with van der Waals surface area (Å²) in [4.78, 5) is 25.7. The average molecular weight is 352 g/mol. The van der Waals surface area contributed by atoms with E-state index >= 15 is 0 Å². The number of nitrogens with zero attached hydrogens (tertiary/aromatic N) is 4. The Hall–Kier alpha value is -2.43. The van der Waals surface area contributed by atoms with Crippen molar-refractivity contribution >= 4 is 11.7 Å². The lowest BCUT2D eigenvalue weighted by atomic mass is 9.99. The van der Waals surface area contributed by atoms with Crippen molar-refractivity contribution in [2.75, 3.05) is 18.0 Å². The van der Waals surface area contributed by atoms with E-state index in [9.17, 15) is 4.79 Å². The highest BCUT2D eigenvalue weighted by molar-refractivity contribution is 5.92. The number of rotatable bonds is 5. The van der Waals surface area contributed by atoms with Gasteiger partial charge in [-0.2, -0.15) is 0 Å². The van der Waals surface area contributed by atoms with Crippen LogP contribution >= 0.6 is 0 Å². The first-order valence-corrected chi connectivity index (χ1v) is 9.46. The van der Waals surface area contributed by atoms with Crippen molar-refractivity contribution in [3.63, 3.8) is 0 Å². The van der Waals surface area contributed by atoms with Crippen LogP contribution in [0.5, 0.6) is 0 Å². The van der Waals surface area contributed by atoms with E-state index in [1.807, 2.05) is 23.1 Å². The molecule has 5 heteroatoms. The quantitative estimate of drug-likeness (QED) is 0.822. The van der Waals surface area contributed by atoms with E-state index in [2.05, 4.69) is 47.8 Å². The Morgan fingerprint density at radius 1 is 1.15 bits per heavy atom. The van der Waals surface area contributed by atoms with Crippen molar-refractivity contribution in [1.82, 2.24) is 14.9 Å². The van der Waals surface area contributed by atoms with Crippen LogP contribution in [-0.2, 0) is 6.54 Å². The van der Waals surface area contributed by atoms with Crippen molar-refractivity contribution in [3.05, 3.63) is 54.0 Å². The SMILES string of the molecule is CC1CCN(C(=O)c2cnc(N(Cc3ccccc3)C(C)C)cn2)CC1. The lowest BCUT2D eigenvalue weighted by molar-refractivity contribution is 0.0691. The Labute approximate surface area is 156 Å². The average Bonchev–Trinajstić information content (AvgIpc) is 2.67. The van der Waals surface area contributed by atoms with Crippen molar-refractivity contribution in [2.45, 2.75) is 46.2 Å². The molecule has 1 aliphatic rings. The second-order valence-corrected chi connectivity index (χ2v) is 7.44. The smallest absolute Gasteiger partial charge is 0.274 e. The third-order valence-electron chi connectivity index (χ3n) is 5.04. The number of carbonyl (C=O) groups excluding carboxylic acids is 1. The van der Waals surface area contributed by atoms with Crippen LogP contribution in [0.15, 0.2) is 42.7 Å². The van der Waals surface area contributed by atoms with Gasteiger partial charge in [-0.3, -0.25) is 4.79 Å². The van der Waals surface area contributed by atoms with E-state index in [4.69, 9.17) is 0 Å². The number of aromatic nitrogens is 2. The van der Waals surface area contributed by atoms with Gasteiger partial charge in [0.15, 0.2) is 0 Å². The minimum atomic E-state index is -0.00453. The fraction of sp³-hybridized carbons (Fsp3) is 0.476. The monoisotopic (exact) mass is 352 g/mol. The number of benzene rings is 1. The Morgan fingerprint density at radius 2 is 1.85 bits per heavy atom. The molecule has 0 unspecified atom stereocenters. The molecule has 0 aliphatic carbocycles. The summed E-state index contributed by atoms with van der Waals surface area (Å²) in [5, 5.41) is 0. The normalized spacial score (nSPS) is 15.3. The van der Waals surface area contributed by atoms with E-state index in [1.54, 1.807) is 12.4 Å². The number of likely N-dealkylation sites (tertiary alicyclic amines) is 1. The molecular weight excluding hydrogens is 324 g/mol. The molecule has 1 aliphatic heterocycles. The molecular formula is C21H28N4O. The first-order valence-electron chi connectivity index (χ1n) is 9.46. The van der Waals surface area contributed by atoms with E-state index in [0.29, 0.717) is 11.6 Å². The van der Waals surface area contributed by atoms with Crippen LogP contribution in [-0.4, -0.2) is 39.9 Å². The number of hydrogen-bond acceptors (Lipinski definition) is 4. The Kier molecular flexibility index (Phi) is 5.86. The Morgan fingerprint density at radius 3 is 2.42 bits per heavy atom. The molecule has 5 nitrogen and oxygen atoms in total. The fourth-order valence-electron chi connectivity index (χ4n) is 3.26. The van der Waals surface area contributed by atoms with Gasteiger partial charge in [0.05, 0.1) is 12.4 Å². The molecule has 26 heavy (non-hydrogen) atoms. The van der Waals surface area contributed by atoms with E-state index in [-0.39, 0.29) is 11.9 Å². The summed E-state index contributed by atoms with van der Waals surface area (Å²) in [6.07, 6.45) is 5.48. The predicted molar refractivity (Wildman–Crippen MR) is 104 cm³/mol. The van der Waals surface area contributed by atoms with Gasteiger partial charge in [-0.1, -0.05) is 37.3 Å². The molecule has 138 valence electrons. The van der Waals surface area contributed by atoms with E-state index < -0.39 is 0 Å². The largest absolute Gasteiger partial charge is 0.349 e. The minimum absolute atomic E-state index is 0.00453. The summed E-state index contributed by atoms with van der Waals surface area (Å²) in [6, 6.07) is 10.6. The van der Waals surface area contributed by atoms with Gasteiger partial charge in [0, 0.05) is 25.7 Å². The third-order valence-corrected chi connectivity index (χ3v) is 5.04. The molecule has 1 aromatic carbocycles. The van der Waals surface area contributed by atoms with Crippen molar-refractivity contribution in [1.29, 1.82) is 0 Å². The molecule has 1 aromatic heterocycles. The second kappa shape index (κ2) is 8.30. The zero-order valence-corrected chi connectivity index (χ0v) is 15.9. The number of carbonyl (C=O) groups is 1. The van der Waals surface area contributed by atoms with Crippen LogP contribution < -0.4 is 4.90 Å². The zero-order chi connectivity index (χ0) is 18.5. The second-order valence-electron chi connectivity index (χ2n) is 7.44. The molecule has 2 aromatic rings. The van der Waals surface area contributed by atoms with Gasteiger partial charge in [0.2, 0.25) is 0 Å². The first-order chi connectivity index (χ1) is 12.5. The number of amides is 1. The lowest BCUT2D eigenvalue weighted by Gasteiger charge is -2.30. The summed E-state index contributed by atoms with van der Waals surface area (Å²) >= 11 is 0. The Bertz CT molecular complexity index is 707. The van der Waals surface area contributed by atoms with Gasteiger partial charge in [-0.25, -0.2) is 9.97 Å². The summed E-state index contributed by atoms with van der Waals surface area (Å²) < 4.78 is 0. The first kappa shape index (κ1) is 18.4. The van der Waals surface area contributed by atoms with Crippen molar-refractivity contribution in [2.24, 2.45) is 5.92 Å². The summed E-state index contributed by atoms with van der Waals surface area (Å²) in [5.74, 6) is 1.49. The lowest BCUT2D eigenvalue weighted by Crippen LogP contribution is -2.38. The van der Waals surface area contributed by atoms with Gasteiger partial charge in [-0.15, -0.1) is 0 Å². The van der Waals surface area contributed by atoms with Crippen LogP contribution in [0.3, 0.4) is 0 Å². The molecule has 2 heterocycles. The maximum atomic E-state index is 12.6. The highest BCUT2D eigenvalue weighted by Crippen LogP contribution is 2.19. The van der Waals surface area contributed by atoms with Gasteiger partial charge < -0.3 is 9.80 Å². The van der Waals surface area contributed by atoms with Gasteiger partial charge in [0.1, 0.15) is 11.5 Å². The van der Waals surface area contributed by atoms with Crippen LogP contribution in [0.2, 0.25) is 0 Å². The summed E-state index contributed by atoms with van der Waals surface area (Å²) in [7, 11) is 0. The summed E-state index contributed by atoms with van der Waals surface area (Å²) in [6.45, 7) is 8.91. The van der Waals surface area contributed by atoms with Crippen LogP contribution in [0.25, 0.3) is 0 Å². The molecule has 1 saturated heterocycles. The molecule has 0 saturated carbocycles. The van der Waals surface area contributed by atoms with Crippen molar-refractivity contribution in [3.8, 4) is 0 Å². The highest BCUT2D eigenvalue weighted by atomic mass is 16.2. The van der Waals surface area contributed by atoms with E-state index in [1.165, 1.54) is 5.56 Å². The molecule has 1 amide bonds. The Balaban J connectivity index is 1.71.